The zero-order chi connectivity index (χ0) is 26.0. The molecular weight excluding hydrogens is 488 g/mol. The number of hydrogen-bond acceptors (Lipinski definition) is 4. The molecule has 0 spiro atoms. The maximum atomic E-state index is 12.8. The highest BCUT2D eigenvalue weighted by molar-refractivity contribution is 7.99. The smallest absolute Gasteiger partial charge is 0.251 e. The third-order valence-corrected chi connectivity index (χ3v) is 8.34. The number of carbonyl (C=O) groups excluding carboxylic acids is 1. The van der Waals surface area contributed by atoms with E-state index in [1.54, 1.807) is 12.1 Å². The van der Waals surface area contributed by atoms with Crippen molar-refractivity contribution in [1.82, 2.24) is 5.32 Å². The van der Waals surface area contributed by atoms with E-state index in [2.05, 4.69) is 19.2 Å². The Morgan fingerprint density at radius 1 is 0.944 bits per heavy atom. The second-order valence-electron chi connectivity index (χ2n) is 8.98. The molecule has 0 radical (unpaired) electrons. The molecule has 0 aliphatic carbocycles. The van der Waals surface area contributed by atoms with E-state index in [9.17, 15) is 13.2 Å². The molecule has 0 unspecified atom stereocenters. The highest BCUT2D eigenvalue weighted by atomic mass is 32.2. The summed E-state index contributed by atoms with van der Waals surface area (Å²) in [7, 11) is -3.55. The number of hydrogen-bond donors (Lipinski definition) is 1. The van der Waals surface area contributed by atoms with Crippen molar-refractivity contribution in [3.8, 4) is 0 Å². The average Bonchev–Trinajstić information content (AvgIpc) is 2.88. The zero-order valence-electron chi connectivity index (χ0n) is 21.3. The fourth-order valence-corrected chi connectivity index (χ4v) is 5.89. The van der Waals surface area contributed by atoms with Crippen molar-refractivity contribution in [3.05, 3.63) is 90.0 Å². The van der Waals surface area contributed by atoms with Crippen molar-refractivity contribution < 1.29 is 13.2 Å². The van der Waals surface area contributed by atoms with Gasteiger partial charge in [-0.25, -0.2) is 8.42 Å². The van der Waals surface area contributed by atoms with Crippen LogP contribution in [0.1, 0.15) is 55.5 Å². The molecule has 36 heavy (non-hydrogen) atoms. The van der Waals surface area contributed by atoms with E-state index in [1.807, 2.05) is 66.7 Å². The standard InChI is InChI=1S/C29H36N2O3S2/c1-4-6-12-23(5-2)21-30-29(32)25-19-17-24(18-20-25)22-31(36(3,33)34)27-15-10-11-16-28(27)35-26-13-8-7-9-14-26/h7-11,13-20,23H,4-6,12,21-22H2,1-3H3,(H,30,32)/t23-/m1/s1. The Morgan fingerprint density at radius 2 is 1.61 bits per heavy atom. The third kappa shape index (κ3) is 8.14. The molecule has 0 fully saturated rings. The first-order valence-electron chi connectivity index (χ1n) is 12.5. The molecule has 1 atom stereocenters. The van der Waals surface area contributed by atoms with Gasteiger partial charge in [-0.2, -0.15) is 0 Å². The summed E-state index contributed by atoms with van der Waals surface area (Å²) in [4.78, 5) is 14.5. The van der Waals surface area contributed by atoms with E-state index in [0.29, 0.717) is 23.7 Å². The number of anilines is 1. The number of benzene rings is 3. The van der Waals surface area contributed by atoms with E-state index >= 15 is 0 Å². The molecule has 1 N–H and O–H groups in total. The summed E-state index contributed by atoms with van der Waals surface area (Å²) < 4.78 is 27.1. The van der Waals surface area contributed by atoms with Crippen molar-refractivity contribution in [3.63, 3.8) is 0 Å². The fraction of sp³-hybridized carbons (Fsp3) is 0.345. The summed E-state index contributed by atoms with van der Waals surface area (Å²) in [6.07, 6.45) is 5.72. The first kappa shape index (κ1) is 27.8. The van der Waals surface area contributed by atoms with Crippen LogP contribution in [0.4, 0.5) is 5.69 Å². The fourth-order valence-electron chi connectivity index (χ4n) is 3.96. The molecule has 0 bridgehead atoms. The Bertz CT molecular complexity index is 1210. The van der Waals surface area contributed by atoms with Crippen molar-refractivity contribution in [2.45, 2.75) is 55.9 Å². The van der Waals surface area contributed by atoms with Gasteiger partial charge in [0.1, 0.15) is 0 Å². The molecule has 3 aromatic carbocycles. The number of para-hydroxylation sites is 1. The van der Waals surface area contributed by atoms with Crippen LogP contribution in [0.25, 0.3) is 0 Å². The number of amides is 1. The van der Waals surface area contributed by atoms with Crippen LogP contribution in [-0.2, 0) is 16.6 Å². The predicted octanol–water partition coefficient (Wildman–Crippen LogP) is 6.75. The van der Waals surface area contributed by atoms with E-state index in [1.165, 1.54) is 28.7 Å². The van der Waals surface area contributed by atoms with Crippen LogP contribution < -0.4 is 9.62 Å². The molecule has 7 heteroatoms. The Hall–Kier alpha value is -2.77. The second-order valence-corrected chi connectivity index (χ2v) is 12.0. The lowest BCUT2D eigenvalue weighted by molar-refractivity contribution is 0.0946. The van der Waals surface area contributed by atoms with Gasteiger partial charge in [0.15, 0.2) is 0 Å². The molecule has 0 saturated carbocycles. The van der Waals surface area contributed by atoms with Crippen molar-refractivity contribution in [2.75, 3.05) is 17.1 Å². The summed E-state index contributed by atoms with van der Waals surface area (Å²) in [6, 6.07) is 24.6. The molecule has 1 amide bonds. The van der Waals surface area contributed by atoms with E-state index in [0.717, 1.165) is 34.6 Å². The average molecular weight is 525 g/mol. The minimum atomic E-state index is -3.55. The van der Waals surface area contributed by atoms with Gasteiger partial charge in [-0.1, -0.05) is 87.3 Å². The molecule has 192 valence electrons. The number of nitrogens with one attached hydrogen (secondary N) is 1. The van der Waals surface area contributed by atoms with Gasteiger partial charge in [-0.15, -0.1) is 0 Å². The Labute approximate surface area is 220 Å². The summed E-state index contributed by atoms with van der Waals surface area (Å²) >= 11 is 1.53. The molecule has 0 heterocycles. The minimum Gasteiger partial charge on any atom is -0.352 e. The van der Waals surface area contributed by atoms with Gasteiger partial charge in [-0.3, -0.25) is 9.10 Å². The van der Waals surface area contributed by atoms with Gasteiger partial charge in [0, 0.05) is 21.9 Å². The Balaban J connectivity index is 1.74. The molecule has 0 saturated heterocycles. The maximum absolute atomic E-state index is 12.8. The highest BCUT2D eigenvalue weighted by Gasteiger charge is 2.21. The van der Waals surface area contributed by atoms with Crippen LogP contribution >= 0.6 is 11.8 Å². The largest absolute Gasteiger partial charge is 0.352 e. The monoisotopic (exact) mass is 524 g/mol. The van der Waals surface area contributed by atoms with Crippen molar-refractivity contribution in [1.29, 1.82) is 0 Å². The van der Waals surface area contributed by atoms with Gasteiger partial charge in [0.2, 0.25) is 10.0 Å². The summed E-state index contributed by atoms with van der Waals surface area (Å²) in [5.74, 6) is 0.395. The van der Waals surface area contributed by atoms with E-state index < -0.39 is 10.0 Å². The van der Waals surface area contributed by atoms with Crippen LogP contribution in [0.5, 0.6) is 0 Å². The number of unbranched alkanes of at least 4 members (excludes halogenated alkanes) is 1. The highest BCUT2D eigenvalue weighted by Crippen LogP contribution is 2.36. The molecule has 5 nitrogen and oxygen atoms in total. The Morgan fingerprint density at radius 3 is 2.25 bits per heavy atom. The van der Waals surface area contributed by atoms with Gasteiger partial charge in [0.25, 0.3) is 5.91 Å². The normalized spacial score (nSPS) is 12.2. The molecule has 0 aliphatic heterocycles. The quantitative estimate of drug-likeness (QED) is 0.269. The number of sulfonamides is 1. The van der Waals surface area contributed by atoms with Crippen LogP contribution in [-0.4, -0.2) is 27.1 Å². The minimum absolute atomic E-state index is 0.0962. The summed E-state index contributed by atoms with van der Waals surface area (Å²) in [5, 5.41) is 3.05. The van der Waals surface area contributed by atoms with Gasteiger partial charge in [0.05, 0.1) is 18.5 Å². The first-order valence-corrected chi connectivity index (χ1v) is 15.1. The Kier molecular flexibility index (Phi) is 10.4. The lowest BCUT2D eigenvalue weighted by Crippen LogP contribution is -2.30. The first-order chi connectivity index (χ1) is 17.3. The number of carbonyl (C=O) groups is 1. The maximum Gasteiger partial charge on any atom is 0.251 e. The van der Waals surface area contributed by atoms with Crippen LogP contribution in [0.15, 0.2) is 88.7 Å². The number of nitrogens with zero attached hydrogens (tertiary/aromatic N) is 1. The molecule has 3 rings (SSSR count). The lowest BCUT2D eigenvalue weighted by atomic mass is 9.99. The van der Waals surface area contributed by atoms with Crippen molar-refractivity contribution in [2.24, 2.45) is 5.92 Å². The molecular formula is C29H36N2O3S2. The van der Waals surface area contributed by atoms with Crippen LogP contribution in [0.3, 0.4) is 0 Å². The second kappa shape index (κ2) is 13.5. The zero-order valence-corrected chi connectivity index (χ0v) is 22.9. The van der Waals surface area contributed by atoms with Gasteiger partial charge >= 0.3 is 0 Å². The summed E-state index contributed by atoms with van der Waals surface area (Å²) in [6.45, 7) is 5.20. The van der Waals surface area contributed by atoms with Crippen molar-refractivity contribution >= 4 is 33.4 Å². The van der Waals surface area contributed by atoms with E-state index in [-0.39, 0.29) is 12.5 Å². The van der Waals surface area contributed by atoms with Gasteiger partial charge < -0.3 is 5.32 Å². The van der Waals surface area contributed by atoms with Crippen LogP contribution in [0.2, 0.25) is 0 Å². The lowest BCUT2D eigenvalue weighted by Gasteiger charge is -2.25. The SMILES string of the molecule is CCCC[C@@H](CC)CNC(=O)c1ccc(CN(c2ccccc2Sc2ccccc2)S(C)(=O)=O)cc1. The topological polar surface area (TPSA) is 66.5 Å². The van der Waals surface area contributed by atoms with Gasteiger partial charge in [-0.05, 0) is 54.3 Å². The molecule has 0 aliphatic rings. The molecule has 0 aromatic heterocycles. The molecule has 3 aromatic rings. The summed E-state index contributed by atoms with van der Waals surface area (Å²) in [5.41, 5.74) is 2.02. The van der Waals surface area contributed by atoms with Crippen LogP contribution in [0, 0.1) is 5.92 Å². The third-order valence-electron chi connectivity index (χ3n) is 6.14. The predicted molar refractivity (Wildman–Crippen MR) is 150 cm³/mol. The number of rotatable bonds is 13. The van der Waals surface area contributed by atoms with E-state index in [4.69, 9.17) is 0 Å².